The van der Waals surface area contributed by atoms with Crippen molar-refractivity contribution >= 4 is 11.7 Å². The number of fused-ring (bicyclic) bond motifs is 1. The van der Waals surface area contributed by atoms with Gasteiger partial charge >= 0.3 is 5.97 Å². The molecule has 0 spiro atoms. The standard InChI is InChI=1S/C22H25NO6/c1-22(2,3)29-20(21(24)27-4)18-13-16(23(25)26)8-9-17(18)14-7-10-19-15(12-14)6-5-11-28-19/h7-10,12-13,20H,5-6,11H2,1-4H3. The molecule has 0 N–H and O–H groups in total. The lowest BCUT2D eigenvalue weighted by Gasteiger charge is -2.27. The highest BCUT2D eigenvalue weighted by molar-refractivity contribution is 5.82. The summed E-state index contributed by atoms with van der Waals surface area (Å²) in [5.74, 6) is 0.238. The summed E-state index contributed by atoms with van der Waals surface area (Å²) in [4.78, 5) is 23.4. The van der Waals surface area contributed by atoms with E-state index in [2.05, 4.69) is 0 Å². The molecule has 0 saturated heterocycles. The summed E-state index contributed by atoms with van der Waals surface area (Å²) >= 11 is 0. The zero-order chi connectivity index (χ0) is 21.2. The third-order valence-corrected chi connectivity index (χ3v) is 4.63. The van der Waals surface area contributed by atoms with E-state index in [0.717, 1.165) is 29.7 Å². The maximum atomic E-state index is 12.6. The van der Waals surface area contributed by atoms with Crippen molar-refractivity contribution in [3.05, 3.63) is 57.6 Å². The Balaban J connectivity index is 2.16. The van der Waals surface area contributed by atoms with E-state index < -0.39 is 22.6 Å². The van der Waals surface area contributed by atoms with Crippen molar-refractivity contribution in [2.24, 2.45) is 0 Å². The molecule has 0 bridgehead atoms. The fraction of sp³-hybridized carbons (Fsp3) is 0.409. The predicted octanol–water partition coefficient (Wildman–Crippen LogP) is 4.62. The topological polar surface area (TPSA) is 87.9 Å². The van der Waals surface area contributed by atoms with Crippen LogP contribution in [0, 0.1) is 10.1 Å². The van der Waals surface area contributed by atoms with Crippen LogP contribution in [0.4, 0.5) is 5.69 Å². The number of benzene rings is 2. The Morgan fingerprint density at radius 1 is 1.21 bits per heavy atom. The molecule has 0 aliphatic carbocycles. The smallest absolute Gasteiger partial charge is 0.339 e. The SMILES string of the molecule is COC(=O)C(OC(C)(C)C)c1cc([N+](=O)[O-])ccc1-c1ccc2c(c1)CCCO2. The maximum Gasteiger partial charge on any atom is 0.339 e. The highest BCUT2D eigenvalue weighted by Crippen LogP contribution is 2.38. The zero-order valence-corrected chi connectivity index (χ0v) is 17.1. The van der Waals surface area contributed by atoms with Gasteiger partial charge in [-0.25, -0.2) is 4.79 Å². The number of ether oxygens (including phenoxy) is 3. The largest absolute Gasteiger partial charge is 0.493 e. The van der Waals surface area contributed by atoms with Gasteiger partial charge in [0, 0.05) is 17.7 Å². The van der Waals surface area contributed by atoms with Gasteiger partial charge in [0.25, 0.3) is 5.69 Å². The molecule has 3 rings (SSSR count). The number of non-ortho nitro benzene ring substituents is 1. The quantitative estimate of drug-likeness (QED) is 0.414. The lowest BCUT2D eigenvalue weighted by atomic mass is 9.92. The van der Waals surface area contributed by atoms with Crippen molar-refractivity contribution in [3.8, 4) is 16.9 Å². The van der Waals surface area contributed by atoms with Gasteiger partial charge in [0.2, 0.25) is 0 Å². The molecule has 2 aromatic rings. The van der Waals surface area contributed by atoms with Crippen LogP contribution in [0.3, 0.4) is 0 Å². The van der Waals surface area contributed by atoms with Crippen LogP contribution in [0.2, 0.25) is 0 Å². The van der Waals surface area contributed by atoms with Gasteiger partial charge in [-0.1, -0.05) is 6.07 Å². The monoisotopic (exact) mass is 399 g/mol. The molecule has 0 radical (unpaired) electrons. The van der Waals surface area contributed by atoms with E-state index in [-0.39, 0.29) is 5.69 Å². The van der Waals surface area contributed by atoms with Crippen molar-refractivity contribution in [2.75, 3.05) is 13.7 Å². The molecule has 1 atom stereocenters. The summed E-state index contributed by atoms with van der Waals surface area (Å²) in [5.41, 5.74) is 2.22. The van der Waals surface area contributed by atoms with E-state index in [1.807, 2.05) is 39.0 Å². The lowest BCUT2D eigenvalue weighted by Crippen LogP contribution is -2.28. The van der Waals surface area contributed by atoms with Gasteiger partial charge in [-0.2, -0.15) is 0 Å². The van der Waals surface area contributed by atoms with Gasteiger partial charge in [0.1, 0.15) is 5.75 Å². The Hall–Kier alpha value is -2.93. The molecular formula is C22H25NO6. The Labute approximate surface area is 169 Å². The number of nitro benzene ring substituents is 1. The fourth-order valence-corrected chi connectivity index (χ4v) is 3.37. The van der Waals surface area contributed by atoms with E-state index in [1.54, 1.807) is 6.07 Å². The highest BCUT2D eigenvalue weighted by atomic mass is 16.6. The third-order valence-electron chi connectivity index (χ3n) is 4.63. The molecule has 0 amide bonds. The summed E-state index contributed by atoms with van der Waals surface area (Å²) < 4.78 is 16.6. The number of rotatable bonds is 5. The molecule has 154 valence electrons. The summed E-state index contributed by atoms with van der Waals surface area (Å²) in [6.07, 6.45) is 0.730. The van der Waals surface area contributed by atoms with Crippen LogP contribution >= 0.6 is 0 Å². The second-order valence-electron chi connectivity index (χ2n) is 7.94. The van der Waals surface area contributed by atoms with Crippen molar-refractivity contribution in [2.45, 2.75) is 45.3 Å². The Morgan fingerprint density at radius 2 is 1.97 bits per heavy atom. The molecule has 7 heteroatoms. The molecule has 0 saturated carbocycles. The van der Waals surface area contributed by atoms with E-state index in [1.165, 1.54) is 19.2 Å². The van der Waals surface area contributed by atoms with Gasteiger partial charge in [-0.05, 0) is 68.5 Å². The van der Waals surface area contributed by atoms with E-state index >= 15 is 0 Å². The summed E-state index contributed by atoms with van der Waals surface area (Å²) in [6.45, 7) is 6.14. The molecular weight excluding hydrogens is 374 g/mol. The van der Waals surface area contributed by atoms with E-state index in [4.69, 9.17) is 14.2 Å². The predicted molar refractivity (Wildman–Crippen MR) is 108 cm³/mol. The van der Waals surface area contributed by atoms with Gasteiger partial charge in [-0.3, -0.25) is 10.1 Å². The Bertz CT molecular complexity index is 931. The zero-order valence-electron chi connectivity index (χ0n) is 17.1. The number of hydrogen-bond donors (Lipinski definition) is 0. The third kappa shape index (κ3) is 4.74. The highest BCUT2D eigenvalue weighted by Gasteiger charge is 2.31. The van der Waals surface area contributed by atoms with Crippen LogP contribution in [-0.2, 0) is 20.7 Å². The molecule has 1 unspecified atom stereocenters. The molecule has 1 aliphatic rings. The van der Waals surface area contributed by atoms with Crippen molar-refractivity contribution < 1.29 is 23.9 Å². The van der Waals surface area contributed by atoms with Crippen molar-refractivity contribution in [1.29, 1.82) is 0 Å². The van der Waals surface area contributed by atoms with Gasteiger partial charge in [0.15, 0.2) is 6.10 Å². The van der Waals surface area contributed by atoms with Crippen LogP contribution in [0.1, 0.15) is 44.4 Å². The van der Waals surface area contributed by atoms with Gasteiger partial charge < -0.3 is 14.2 Å². The number of methoxy groups -OCH3 is 1. The number of esters is 1. The molecule has 7 nitrogen and oxygen atoms in total. The van der Waals surface area contributed by atoms with E-state index in [9.17, 15) is 14.9 Å². The number of hydrogen-bond acceptors (Lipinski definition) is 6. The molecule has 2 aromatic carbocycles. The van der Waals surface area contributed by atoms with Crippen molar-refractivity contribution in [1.82, 2.24) is 0 Å². The second kappa shape index (κ2) is 8.21. The normalized spacial score (nSPS) is 14.5. The Kier molecular flexibility index (Phi) is 5.88. The van der Waals surface area contributed by atoms with E-state index in [0.29, 0.717) is 17.7 Å². The molecule has 1 heterocycles. The summed E-state index contributed by atoms with van der Waals surface area (Å²) in [5, 5.41) is 11.4. The average Bonchev–Trinajstić information content (AvgIpc) is 2.70. The minimum Gasteiger partial charge on any atom is -0.493 e. The maximum absolute atomic E-state index is 12.6. The first kappa shape index (κ1) is 20.8. The van der Waals surface area contributed by atoms with Crippen LogP contribution in [0.5, 0.6) is 5.75 Å². The van der Waals surface area contributed by atoms with Crippen LogP contribution in [-0.4, -0.2) is 30.2 Å². The first-order valence-electron chi connectivity index (χ1n) is 9.49. The van der Waals surface area contributed by atoms with Gasteiger partial charge in [0.05, 0.1) is 24.2 Å². The van der Waals surface area contributed by atoms with Crippen LogP contribution in [0.15, 0.2) is 36.4 Å². The second-order valence-corrected chi connectivity index (χ2v) is 7.94. The molecule has 1 aliphatic heterocycles. The molecule has 29 heavy (non-hydrogen) atoms. The molecule has 0 fully saturated rings. The first-order valence-corrected chi connectivity index (χ1v) is 9.49. The van der Waals surface area contributed by atoms with Gasteiger partial charge in [-0.15, -0.1) is 0 Å². The number of nitro groups is 1. The number of carbonyl (C=O) groups is 1. The fourth-order valence-electron chi connectivity index (χ4n) is 3.37. The molecule has 0 aromatic heterocycles. The number of nitrogens with zero attached hydrogens (tertiary/aromatic N) is 1. The number of aryl methyl sites for hydroxylation is 1. The summed E-state index contributed by atoms with van der Waals surface area (Å²) in [7, 11) is 1.27. The lowest BCUT2D eigenvalue weighted by molar-refractivity contribution is -0.385. The average molecular weight is 399 g/mol. The summed E-state index contributed by atoms with van der Waals surface area (Å²) in [6, 6.07) is 10.3. The minimum absolute atomic E-state index is 0.114. The Morgan fingerprint density at radius 3 is 2.62 bits per heavy atom. The minimum atomic E-state index is -1.10. The van der Waals surface area contributed by atoms with Crippen molar-refractivity contribution in [3.63, 3.8) is 0 Å². The van der Waals surface area contributed by atoms with Crippen LogP contribution < -0.4 is 4.74 Å². The number of carbonyl (C=O) groups excluding carboxylic acids is 1. The van der Waals surface area contributed by atoms with Crippen LogP contribution in [0.25, 0.3) is 11.1 Å². The first-order chi connectivity index (χ1) is 13.7.